The monoisotopic (exact) mass is 288 g/mol. The van der Waals surface area contributed by atoms with Gasteiger partial charge in [-0.05, 0) is 24.5 Å². The van der Waals surface area contributed by atoms with Crippen LogP contribution in [0.2, 0.25) is 0 Å². The minimum absolute atomic E-state index is 0.113. The van der Waals surface area contributed by atoms with E-state index in [9.17, 15) is 10.1 Å². The smallest absolute Gasteiger partial charge is 0.269 e. The summed E-state index contributed by atoms with van der Waals surface area (Å²) in [5.41, 5.74) is 4.09. The summed E-state index contributed by atoms with van der Waals surface area (Å²) in [4.78, 5) is 10.4. The fourth-order valence-electron chi connectivity index (χ4n) is 2.33. The average molecular weight is 288 g/mol. The van der Waals surface area contributed by atoms with Gasteiger partial charge in [0.2, 0.25) is 0 Å². The predicted molar refractivity (Wildman–Crippen MR) is 82.5 cm³/mol. The summed E-state index contributed by atoms with van der Waals surface area (Å²) in [5.74, 6) is 0.362. The SMILES string of the molecule is Cc1cc([N+](=O)[O-])ccc1NCc1cn(C)nc1C(C)C. The largest absolute Gasteiger partial charge is 0.381 e. The maximum atomic E-state index is 10.7. The Hall–Kier alpha value is -2.37. The van der Waals surface area contributed by atoms with Gasteiger partial charge in [0.25, 0.3) is 5.69 Å². The lowest BCUT2D eigenvalue weighted by atomic mass is 10.1. The molecule has 0 unspecified atom stereocenters. The minimum Gasteiger partial charge on any atom is -0.381 e. The lowest BCUT2D eigenvalue weighted by Crippen LogP contribution is -2.04. The molecule has 0 spiro atoms. The second-order valence-electron chi connectivity index (χ2n) is 5.48. The molecule has 0 atom stereocenters. The van der Waals surface area contributed by atoms with Crippen LogP contribution in [-0.4, -0.2) is 14.7 Å². The van der Waals surface area contributed by atoms with Crippen molar-refractivity contribution in [3.63, 3.8) is 0 Å². The van der Waals surface area contributed by atoms with Gasteiger partial charge in [-0.15, -0.1) is 0 Å². The maximum Gasteiger partial charge on any atom is 0.269 e. The first kappa shape index (κ1) is 15.0. The number of nitrogens with one attached hydrogen (secondary N) is 1. The molecule has 0 saturated carbocycles. The molecule has 1 aromatic heterocycles. The number of hydrogen-bond acceptors (Lipinski definition) is 4. The first-order chi connectivity index (χ1) is 9.88. The normalized spacial score (nSPS) is 10.9. The second-order valence-corrected chi connectivity index (χ2v) is 5.48. The molecule has 0 aliphatic rings. The molecule has 1 heterocycles. The Bertz CT molecular complexity index is 662. The van der Waals surface area contributed by atoms with Crippen molar-refractivity contribution in [3.05, 3.63) is 51.3 Å². The quantitative estimate of drug-likeness (QED) is 0.676. The van der Waals surface area contributed by atoms with E-state index in [2.05, 4.69) is 24.3 Å². The van der Waals surface area contributed by atoms with E-state index >= 15 is 0 Å². The third kappa shape index (κ3) is 3.39. The Labute approximate surface area is 123 Å². The Kier molecular flexibility index (Phi) is 4.26. The highest BCUT2D eigenvalue weighted by Crippen LogP contribution is 2.23. The van der Waals surface area contributed by atoms with Gasteiger partial charge in [0.1, 0.15) is 0 Å². The van der Waals surface area contributed by atoms with Crippen LogP contribution in [0.3, 0.4) is 0 Å². The second kappa shape index (κ2) is 5.95. The first-order valence-electron chi connectivity index (χ1n) is 6.89. The van der Waals surface area contributed by atoms with Crippen molar-refractivity contribution in [3.8, 4) is 0 Å². The molecule has 0 fully saturated rings. The molecule has 0 aliphatic heterocycles. The Morgan fingerprint density at radius 1 is 1.43 bits per heavy atom. The van der Waals surface area contributed by atoms with Crippen molar-refractivity contribution < 1.29 is 4.92 Å². The number of anilines is 1. The van der Waals surface area contributed by atoms with Crippen LogP contribution in [0, 0.1) is 17.0 Å². The third-order valence-corrected chi connectivity index (χ3v) is 3.37. The van der Waals surface area contributed by atoms with Crippen molar-refractivity contribution in [2.45, 2.75) is 33.2 Å². The average Bonchev–Trinajstić information content (AvgIpc) is 2.78. The standard InChI is InChI=1S/C15H20N4O2/c1-10(2)15-12(9-18(4)17-15)8-16-14-6-5-13(19(20)21)7-11(14)3/h5-7,9-10,16H,8H2,1-4H3. The zero-order valence-electron chi connectivity index (χ0n) is 12.8. The molecule has 0 radical (unpaired) electrons. The van der Waals surface area contributed by atoms with E-state index in [1.165, 1.54) is 6.07 Å². The van der Waals surface area contributed by atoms with Gasteiger partial charge in [-0.1, -0.05) is 13.8 Å². The number of hydrogen-bond donors (Lipinski definition) is 1. The molecular formula is C15H20N4O2. The molecule has 0 saturated heterocycles. The van der Waals surface area contributed by atoms with Gasteiger partial charge in [-0.2, -0.15) is 5.10 Å². The summed E-state index contributed by atoms with van der Waals surface area (Å²) in [6.07, 6.45) is 2.00. The Balaban J connectivity index is 2.15. The van der Waals surface area contributed by atoms with E-state index in [4.69, 9.17) is 0 Å². The van der Waals surface area contributed by atoms with Gasteiger partial charge in [0.15, 0.2) is 0 Å². The van der Waals surface area contributed by atoms with Crippen LogP contribution in [-0.2, 0) is 13.6 Å². The molecule has 2 aromatic rings. The number of aromatic nitrogens is 2. The van der Waals surface area contributed by atoms with Crippen molar-refractivity contribution in [2.75, 3.05) is 5.32 Å². The molecule has 6 heteroatoms. The Morgan fingerprint density at radius 3 is 2.71 bits per heavy atom. The van der Waals surface area contributed by atoms with Crippen LogP contribution in [0.4, 0.5) is 11.4 Å². The maximum absolute atomic E-state index is 10.7. The number of nitro groups is 1. The number of nitro benzene ring substituents is 1. The summed E-state index contributed by atoms with van der Waals surface area (Å²) in [6, 6.07) is 4.84. The van der Waals surface area contributed by atoms with Gasteiger partial charge >= 0.3 is 0 Å². The highest BCUT2D eigenvalue weighted by Gasteiger charge is 2.12. The van der Waals surface area contributed by atoms with E-state index in [0.717, 1.165) is 22.5 Å². The summed E-state index contributed by atoms with van der Waals surface area (Å²) < 4.78 is 1.81. The van der Waals surface area contributed by atoms with Crippen molar-refractivity contribution in [1.29, 1.82) is 0 Å². The molecule has 0 aliphatic carbocycles. The van der Waals surface area contributed by atoms with Gasteiger partial charge in [0.05, 0.1) is 10.6 Å². The number of nitrogens with zero attached hydrogens (tertiary/aromatic N) is 3. The van der Waals surface area contributed by atoms with Gasteiger partial charge in [-0.3, -0.25) is 14.8 Å². The van der Waals surface area contributed by atoms with Crippen LogP contribution in [0.1, 0.15) is 36.6 Å². The molecule has 112 valence electrons. The molecular weight excluding hydrogens is 268 g/mol. The Morgan fingerprint density at radius 2 is 2.14 bits per heavy atom. The number of non-ortho nitro benzene ring substituents is 1. The van der Waals surface area contributed by atoms with E-state index in [1.54, 1.807) is 12.1 Å². The number of aryl methyl sites for hydroxylation is 2. The predicted octanol–water partition coefficient (Wildman–Crippen LogP) is 3.37. The molecule has 6 nitrogen and oxygen atoms in total. The summed E-state index contributed by atoms with van der Waals surface area (Å²) in [7, 11) is 1.91. The van der Waals surface area contributed by atoms with Crippen molar-refractivity contribution >= 4 is 11.4 Å². The molecule has 1 aromatic carbocycles. The fraction of sp³-hybridized carbons (Fsp3) is 0.400. The fourth-order valence-corrected chi connectivity index (χ4v) is 2.33. The van der Waals surface area contributed by atoms with E-state index < -0.39 is 0 Å². The number of benzene rings is 1. The zero-order chi connectivity index (χ0) is 15.6. The van der Waals surface area contributed by atoms with E-state index in [-0.39, 0.29) is 10.6 Å². The highest BCUT2D eigenvalue weighted by molar-refractivity contribution is 5.55. The van der Waals surface area contributed by atoms with Crippen LogP contribution in [0.15, 0.2) is 24.4 Å². The molecule has 0 bridgehead atoms. The summed E-state index contributed by atoms with van der Waals surface area (Å²) in [6.45, 7) is 6.74. The minimum atomic E-state index is -0.380. The zero-order valence-corrected chi connectivity index (χ0v) is 12.8. The third-order valence-electron chi connectivity index (χ3n) is 3.37. The van der Waals surface area contributed by atoms with Crippen molar-refractivity contribution in [1.82, 2.24) is 9.78 Å². The molecule has 0 amide bonds. The van der Waals surface area contributed by atoms with Crippen LogP contribution >= 0.6 is 0 Å². The lowest BCUT2D eigenvalue weighted by Gasteiger charge is -2.10. The van der Waals surface area contributed by atoms with Crippen LogP contribution < -0.4 is 5.32 Å². The van der Waals surface area contributed by atoms with Crippen LogP contribution in [0.5, 0.6) is 0 Å². The first-order valence-corrected chi connectivity index (χ1v) is 6.89. The topological polar surface area (TPSA) is 73.0 Å². The van der Waals surface area contributed by atoms with E-state index in [0.29, 0.717) is 12.5 Å². The summed E-state index contributed by atoms with van der Waals surface area (Å²) in [5, 5.41) is 18.5. The van der Waals surface area contributed by atoms with Gasteiger partial charge in [0, 0.05) is 43.2 Å². The molecule has 21 heavy (non-hydrogen) atoms. The summed E-state index contributed by atoms with van der Waals surface area (Å²) >= 11 is 0. The molecule has 2 rings (SSSR count). The van der Waals surface area contributed by atoms with Gasteiger partial charge in [-0.25, -0.2) is 0 Å². The van der Waals surface area contributed by atoms with Gasteiger partial charge < -0.3 is 5.32 Å². The lowest BCUT2D eigenvalue weighted by molar-refractivity contribution is -0.384. The van der Waals surface area contributed by atoms with Crippen molar-refractivity contribution in [2.24, 2.45) is 7.05 Å². The van der Waals surface area contributed by atoms with Crippen LogP contribution in [0.25, 0.3) is 0 Å². The van der Waals surface area contributed by atoms with E-state index in [1.807, 2.05) is 24.9 Å². The molecule has 1 N–H and O–H groups in total. The highest BCUT2D eigenvalue weighted by atomic mass is 16.6. The number of rotatable bonds is 5.